The molecule has 4 heterocycles. The zero-order valence-electron chi connectivity index (χ0n) is 20.9. The molecule has 8 heteroatoms. The Morgan fingerprint density at radius 3 is 2.69 bits per heavy atom. The fraction of sp³-hybridized carbons (Fsp3) is 0.321. The number of amides is 1. The van der Waals surface area contributed by atoms with Crippen LogP contribution in [0.1, 0.15) is 42.5 Å². The molecule has 4 aromatic rings. The van der Waals surface area contributed by atoms with Gasteiger partial charge in [-0.2, -0.15) is 0 Å². The number of carbonyl (C=O) groups excluding carboxylic acids is 1. The number of ether oxygens (including phenoxy) is 2. The number of thiophene rings is 1. The summed E-state index contributed by atoms with van der Waals surface area (Å²) in [5.74, 6) is 0.520. The second kappa shape index (κ2) is 9.43. The van der Waals surface area contributed by atoms with Crippen LogP contribution in [0.15, 0.2) is 59.7 Å². The van der Waals surface area contributed by atoms with E-state index in [1.165, 1.54) is 21.9 Å². The maximum Gasteiger partial charge on any atom is 0.410 e. The summed E-state index contributed by atoms with van der Waals surface area (Å²) in [5.41, 5.74) is 3.30. The fourth-order valence-electron chi connectivity index (χ4n) is 4.24. The van der Waals surface area contributed by atoms with Crippen LogP contribution in [0.25, 0.3) is 15.8 Å². The van der Waals surface area contributed by atoms with Gasteiger partial charge in [0.05, 0.1) is 12.2 Å². The highest BCUT2D eigenvalue weighted by Gasteiger charge is 2.28. The first-order chi connectivity index (χ1) is 17.2. The molecule has 1 aromatic carbocycles. The van der Waals surface area contributed by atoms with E-state index in [0.29, 0.717) is 25.4 Å². The predicted octanol–water partition coefficient (Wildman–Crippen LogP) is 5.63. The molecule has 5 rings (SSSR count). The van der Waals surface area contributed by atoms with Crippen LogP contribution in [0.2, 0.25) is 0 Å². The first-order valence-corrected chi connectivity index (χ1v) is 12.8. The topological polar surface area (TPSA) is 73.7 Å². The highest BCUT2D eigenvalue weighted by Crippen LogP contribution is 2.36. The van der Waals surface area contributed by atoms with Crippen molar-refractivity contribution >= 4 is 27.5 Å². The number of aryl methyl sites for hydroxylation is 1. The SMILES string of the molecule is Cc1ccc(COc2ccn(-c3ccc4c5c(sc4c3)CN(C(=O)OC(C)(C)C)CC5)c(=O)c2)cn1. The molecule has 0 unspecified atom stereocenters. The van der Waals surface area contributed by atoms with Crippen molar-refractivity contribution < 1.29 is 14.3 Å². The van der Waals surface area contributed by atoms with Gasteiger partial charge >= 0.3 is 6.09 Å². The summed E-state index contributed by atoms with van der Waals surface area (Å²) in [6.07, 6.45) is 4.03. The van der Waals surface area contributed by atoms with Crippen LogP contribution in [-0.4, -0.2) is 32.7 Å². The van der Waals surface area contributed by atoms with Gasteiger partial charge in [0.1, 0.15) is 18.0 Å². The summed E-state index contributed by atoms with van der Waals surface area (Å²) in [7, 11) is 0. The van der Waals surface area contributed by atoms with Crippen LogP contribution in [-0.2, 0) is 24.3 Å². The van der Waals surface area contributed by atoms with Gasteiger partial charge in [-0.05, 0) is 69.3 Å². The van der Waals surface area contributed by atoms with E-state index < -0.39 is 5.60 Å². The third-order valence-corrected chi connectivity index (χ3v) is 7.20. The largest absolute Gasteiger partial charge is 0.489 e. The summed E-state index contributed by atoms with van der Waals surface area (Å²) in [6, 6.07) is 13.3. The monoisotopic (exact) mass is 503 g/mol. The van der Waals surface area contributed by atoms with Crippen molar-refractivity contribution in [1.82, 2.24) is 14.5 Å². The average Bonchev–Trinajstić information content (AvgIpc) is 3.19. The smallest absolute Gasteiger partial charge is 0.410 e. The van der Waals surface area contributed by atoms with E-state index in [4.69, 9.17) is 9.47 Å². The molecule has 0 saturated carbocycles. The molecule has 7 nitrogen and oxygen atoms in total. The number of rotatable bonds is 4. The van der Waals surface area contributed by atoms with Gasteiger partial charge in [-0.3, -0.25) is 14.3 Å². The first kappa shape index (κ1) is 24.1. The number of hydrogen-bond acceptors (Lipinski definition) is 6. The van der Waals surface area contributed by atoms with Gasteiger partial charge < -0.3 is 14.4 Å². The standard InChI is InChI=1S/C28H29N3O4S/c1-18-5-6-19(15-29-18)17-34-21-9-12-31(26(32)14-21)20-7-8-22-23-10-11-30(27(33)35-28(2,3)4)16-25(23)36-24(22)13-20/h5-9,12-15H,10-11,16-17H2,1-4H3. The first-order valence-electron chi connectivity index (χ1n) is 12.0. The number of carbonyl (C=O) groups is 1. The zero-order valence-corrected chi connectivity index (χ0v) is 21.7. The maximum absolute atomic E-state index is 12.9. The molecular formula is C28H29N3O4S. The number of aromatic nitrogens is 2. The number of fused-ring (bicyclic) bond motifs is 3. The third-order valence-electron chi connectivity index (χ3n) is 6.03. The summed E-state index contributed by atoms with van der Waals surface area (Å²) >= 11 is 1.67. The Morgan fingerprint density at radius 2 is 1.97 bits per heavy atom. The van der Waals surface area contributed by atoms with Gasteiger partial charge in [-0.15, -0.1) is 11.3 Å². The number of nitrogens with zero attached hydrogens (tertiary/aromatic N) is 3. The van der Waals surface area contributed by atoms with E-state index in [2.05, 4.69) is 11.1 Å². The van der Waals surface area contributed by atoms with Crippen molar-refractivity contribution in [3.05, 3.63) is 86.9 Å². The lowest BCUT2D eigenvalue weighted by atomic mass is 10.0. The molecule has 1 aliphatic heterocycles. The van der Waals surface area contributed by atoms with Gasteiger partial charge in [0.15, 0.2) is 0 Å². The summed E-state index contributed by atoms with van der Waals surface area (Å²) in [6.45, 7) is 9.10. The normalized spacial score (nSPS) is 13.5. The number of pyridine rings is 2. The molecule has 0 fully saturated rings. The molecule has 0 radical (unpaired) electrons. The van der Waals surface area contributed by atoms with Crippen LogP contribution < -0.4 is 10.3 Å². The highest BCUT2D eigenvalue weighted by molar-refractivity contribution is 7.19. The zero-order chi connectivity index (χ0) is 25.4. The van der Waals surface area contributed by atoms with Crippen molar-refractivity contribution in [3.8, 4) is 11.4 Å². The molecular weight excluding hydrogens is 474 g/mol. The van der Waals surface area contributed by atoms with Crippen molar-refractivity contribution in [3.63, 3.8) is 0 Å². The van der Waals surface area contributed by atoms with E-state index in [9.17, 15) is 9.59 Å². The molecule has 1 amide bonds. The van der Waals surface area contributed by atoms with Crippen molar-refractivity contribution in [2.45, 2.75) is 52.9 Å². The van der Waals surface area contributed by atoms with Crippen LogP contribution in [0.4, 0.5) is 4.79 Å². The molecule has 1 aliphatic rings. The Bertz CT molecular complexity index is 1480. The second-order valence-corrected chi connectivity index (χ2v) is 11.1. The fourth-order valence-corrected chi connectivity index (χ4v) is 5.54. The minimum Gasteiger partial charge on any atom is -0.489 e. The van der Waals surface area contributed by atoms with E-state index in [1.807, 2.05) is 52.0 Å². The molecule has 0 atom stereocenters. The minimum absolute atomic E-state index is 0.161. The van der Waals surface area contributed by atoms with Crippen molar-refractivity contribution in [1.29, 1.82) is 0 Å². The average molecular weight is 504 g/mol. The summed E-state index contributed by atoms with van der Waals surface area (Å²) < 4.78 is 14.1. The quantitative estimate of drug-likeness (QED) is 0.361. The Kier molecular flexibility index (Phi) is 6.30. The van der Waals surface area contributed by atoms with Gasteiger partial charge in [0.2, 0.25) is 0 Å². The molecule has 3 aromatic heterocycles. The van der Waals surface area contributed by atoms with Gasteiger partial charge in [-0.25, -0.2) is 4.79 Å². The van der Waals surface area contributed by atoms with Crippen LogP contribution in [0, 0.1) is 6.92 Å². The second-order valence-electron chi connectivity index (χ2n) is 10.0. The van der Waals surface area contributed by atoms with Gasteiger partial charge in [0, 0.05) is 45.8 Å². The van der Waals surface area contributed by atoms with Gasteiger partial charge in [0.25, 0.3) is 5.56 Å². The molecule has 36 heavy (non-hydrogen) atoms. The summed E-state index contributed by atoms with van der Waals surface area (Å²) in [4.78, 5) is 32.6. The van der Waals surface area contributed by atoms with E-state index in [0.717, 1.165) is 28.1 Å². The number of benzene rings is 1. The van der Waals surface area contributed by atoms with Crippen LogP contribution in [0.3, 0.4) is 0 Å². The van der Waals surface area contributed by atoms with Crippen molar-refractivity contribution in [2.75, 3.05) is 6.54 Å². The minimum atomic E-state index is -0.516. The lowest BCUT2D eigenvalue weighted by Gasteiger charge is -2.30. The Morgan fingerprint density at radius 1 is 1.14 bits per heavy atom. The van der Waals surface area contributed by atoms with Crippen LogP contribution in [0.5, 0.6) is 5.75 Å². The Balaban J connectivity index is 1.34. The third kappa shape index (κ3) is 5.14. The van der Waals surface area contributed by atoms with Crippen molar-refractivity contribution in [2.24, 2.45) is 0 Å². The molecule has 0 saturated heterocycles. The lowest BCUT2D eigenvalue weighted by molar-refractivity contribution is 0.0227. The van der Waals surface area contributed by atoms with Crippen LogP contribution >= 0.6 is 11.3 Å². The maximum atomic E-state index is 12.9. The molecule has 186 valence electrons. The molecule has 0 N–H and O–H groups in total. The lowest BCUT2D eigenvalue weighted by Crippen LogP contribution is -2.39. The van der Waals surface area contributed by atoms with Gasteiger partial charge in [-0.1, -0.05) is 12.1 Å². The molecule has 0 bridgehead atoms. The summed E-state index contributed by atoms with van der Waals surface area (Å²) in [5, 5.41) is 1.18. The number of hydrogen-bond donors (Lipinski definition) is 0. The Labute approximate surface area is 213 Å². The van der Waals surface area contributed by atoms with E-state index in [1.54, 1.807) is 39.3 Å². The highest BCUT2D eigenvalue weighted by atomic mass is 32.1. The van der Waals surface area contributed by atoms with E-state index >= 15 is 0 Å². The predicted molar refractivity (Wildman–Crippen MR) is 141 cm³/mol. The molecule has 0 spiro atoms. The Hall–Kier alpha value is -3.65. The van der Waals surface area contributed by atoms with E-state index in [-0.39, 0.29) is 11.7 Å². The molecule has 0 aliphatic carbocycles.